The Balaban J connectivity index is 1.87. The van der Waals surface area contributed by atoms with Crippen LogP contribution in [0, 0.1) is 13.5 Å². The van der Waals surface area contributed by atoms with Crippen molar-refractivity contribution in [3.63, 3.8) is 0 Å². The van der Waals surface area contributed by atoms with E-state index in [-0.39, 0.29) is 0 Å². The second-order valence-corrected chi connectivity index (χ2v) is 9.13. The summed E-state index contributed by atoms with van der Waals surface area (Å²) in [5, 5.41) is 5.10. The van der Waals surface area contributed by atoms with Gasteiger partial charge in [-0.25, -0.2) is 11.1 Å². The highest BCUT2D eigenvalue weighted by Crippen LogP contribution is 2.49. The second-order valence-electron chi connectivity index (χ2n) is 9.13. The van der Waals surface area contributed by atoms with Crippen molar-refractivity contribution in [3.05, 3.63) is 77.3 Å². The fourth-order valence-corrected chi connectivity index (χ4v) is 4.95. The molecule has 3 nitrogen and oxygen atoms in total. The molecule has 0 atom stereocenters. The van der Waals surface area contributed by atoms with E-state index in [1.54, 1.807) is 0 Å². The summed E-state index contributed by atoms with van der Waals surface area (Å²) in [6, 6.07) is 17.7. The van der Waals surface area contributed by atoms with Crippen LogP contribution in [0.1, 0.15) is 25.0 Å². The number of nitrogens with zero attached hydrogens (tertiary/aromatic N) is 3. The average molecular weight is 393 g/mol. The maximum atomic E-state index is 7.54. The lowest BCUT2D eigenvalue weighted by Crippen LogP contribution is -2.33. The Hall–Kier alpha value is -3.38. The lowest BCUT2D eigenvalue weighted by Gasteiger charge is -2.30. The Kier molecular flexibility index (Phi) is 3.92. The molecule has 0 bridgehead atoms. The monoisotopic (exact) mass is 392 g/mol. The number of rotatable bonds is 2. The van der Waals surface area contributed by atoms with Crippen LogP contribution >= 0.6 is 0 Å². The Morgan fingerprint density at radius 1 is 1.03 bits per heavy atom. The highest BCUT2D eigenvalue weighted by atomic mass is 15.1. The van der Waals surface area contributed by atoms with Gasteiger partial charge in [-0.3, -0.25) is 0 Å². The average Bonchev–Trinajstić information content (AvgIpc) is 2.73. The molecule has 3 aromatic carbocycles. The summed E-state index contributed by atoms with van der Waals surface area (Å²) >= 11 is 0. The molecule has 0 N–H and O–H groups in total. The molecule has 30 heavy (non-hydrogen) atoms. The number of pyridine rings is 1. The summed E-state index contributed by atoms with van der Waals surface area (Å²) in [6.45, 7) is 13.8. The van der Waals surface area contributed by atoms with E-state index in [4.69, 9.17) is 6.57 Å². The zero-order valence-corrected chi connectivity index (χ0v) is 18.2. The lowest BCUT2D eigenvalue weighted by molar-refractivity contribution is -0.659. The molecule has 2 heterocycles. The van der Waals surface area contributed by atoms with Crippen LogP contribution in [-0.2, 0) is 13.5 Å². The third-order valence-electron chi connectivity index (χ3n) is 6.46. The fourth-order valence-electron chi connectivity index (χ4n) is 4.95. The minimum absolute atomic E-state index is 0.402. The van der Waals surface area contributed by atoms with Crippen LogP contribution in [-0.4, -0.2) is 12.6 Å². The first-order chi connectivity index (χ1) is 14.3. The van der Waals surface area contributed by atoms with E-state index >= 15 is 0 Å². The van der Waals surface area contributed by atoms with Gasteiger partial charge in [-0.05, 0) is 46.3 Å². The zero-order chi connectivity index (χ0) is 21.2. The first-order valence-corrected chi connectivity index (χ1v) is 10.4. The maximum Gasteiger partial charge on any atom is 0.231 e. The third kappa shape index (κ3) is 2.60. The molecule has 0 aliphatic carbocycles. The van der Waals surface area contributed by atoms with Gasteiger partial charge in [0, 0.05) is 27.0 Å². The van der Waals surface area contributed by atoms with E-state index in [2.05, 4.69) is 90.1 Å². The number of benzene rings is 3. The Morgan fingerprint density at radius 2 is 1.80 bits per heavy atom. The molecule has 1 aliphatic rings. The largest absolute Gasteiger partial charge is 0.343 e. The molecule has 5 rings (SSSR count). The van der Waals surface area contributed by atoms with Gasteiger partial charge in [0.1, 0.15) is 7.05 Å². The van der Waals surface area contributed by atoms with Gasteiger partial charge in [0.25, 0.3) is 0 Å². The standard InChI is InChI=1S/C27H26N3/c1-17-21-10-8-7-9-19(21)15-23-24(17)26-25-20(11-12-29(26)5)13-18(14-22(25)30(23)6)16-27(2,3)28-4/h7-15H,16H2,1-3,5-6H3/q+1. The number of hydrogen-bond acceptors (Lipinski definition) is 1. The Morgan fingerprint density at radius 3 is 2.57 bits per heavy atom. The van der Waals surface area contributed by atoms with Crippen molar-refractivity contribution in [1.29, 1.82) is 0 Å². The number of aromatic nitrogens is 1. The molecular formula is C27H26N3+. The summed E-state index contributed by atoms with van der Waals surface area (Å²) in [5.41, 5.74) is 7.18. The topological polar surface area (TPSA) is 11.5 Å². The summed E-state index contributed by atoms with van der Waals surface area (Å²) < 4.78 is 2.25. The van der Waals surface area contributed by atoms with Crippen LogP contribution in [0.2, 0.25) is 0 Å². The van der Waals surface area contributed by atoms with Gasteiger partial charge >= 0.3 is 0 Å². The minimum Gasteiger partial charge on any atom is -0.343 e. The number of anilines is 2. The van der Waals surface area contributed by atoms with Gasteiger partial charge in [0.05, 0.1) is 28.7 Å². The van der Waals surface area contributed by atoms with Gasteiger partial charge in [-0.15, -0.1) is 0 Å². The molecule has 0 fully saturated rings. The van der Waals surface area contributed by atoms with E-state index < -0.39 is 5.54 Å². The maximum absolute atomic E-state index is 7.54. The van der Waals surface area contributed by atoms with Crippen LogP contribution in [0.3, 0.4) is 0 Å². The first-order valence-electron chi connectivity index (χ1n) is 10.4. The summed E-state index contributed by atoms with van der Waals surface area (Å²) in [5.74, 6) is 0. The van der Waals surface area contributed by atoms with Gasteiger partial charge in [0.2, 0.25) is 11.2 Å². The molecule has 0 saturated heterocycles. The van der Waals surface area contributed by atoms with Crippen molar-refractivity contribution in [2.45, 2.75) is 32.7 Å². The van der Waals surface area contributed by atoms with Gasteiger partial charge in [-0.1, -0.05) is 30.3 Å². The van der Waals surface area contributed by atoms with Crippen LogP contribution in [0.15, 0.2) is 54.7 Å². The van der Waals surface area contributed by atoms with Crippen molar-refractivity contribution in [2.75, 3.05) is 11.9 Å². The summed E-state index contributed by atoms with van der Waals surface area (Å²) in [4.78, 5) is 6.16. The van der Waals surface area contributed by atoms with Gasteiger partial charge < -0.3 is 9.74 Å². The molecule has 0 amide bonds. The smallest absolute Gasteiger partial charge is 0.231 e. The molecule has 3 heteroatoms. The van der Waals surface area contributed by atoms with E-state index in [0.29, 0.717) is 0 Å². The highest BCUT2D eigenvalue weighted by molar-refractivity contribution is 6.13. The van der Waals surface area contributed by atoms with Crippen molar-refractivity contribution >= 4 is 32.9 Å². The van der Waals surface area contributed by atoms with E-state index in [0.717, 1.165) is 6.42 Å². The molecule has 0 unspecified atom stereocenters. The minimum atomic E-state index is -0.402. The molecule has 0 spiro atoms. The number of hydrogen-bond donors (Lipinski definition) is 0. The van der Waals surface area contributed by atoms with Crippen LogP contribution in [0.25, 0.3) is 37.6 Å². The highest BCUT2D eigenvalue weighted by Gasteiger charge is 2.32. The van der Waals surface area contributed by atoms with Gasteiger partial charge in [0.15, 0.2) is 6.20 Å². The lowest BCUT2D eigenvalue weighted by atomic mass is 9.87. The van der Waals surface area contributed by atoms with Crippen molar-refractivity contribution in [3.8, 4) is 11.3 Å². The number of aryl methyl sites for hydroxylation is 2. The van der Waals surface area contributed by atoms with Crippen molar-refractivity contribution < 1.29 is 4.57 Å². The van der Waals surface area contributed by atoms with Crippen LogP contribution in [0.4, 0.5) is 11.4 Å². The predicted molar refractivity (Wildman–Crippen MR) is 125 cm³/mol. The molecule has 1 aliphatic heterocycles. The molecule has 0 radical (unpaired) electrons. The number of fused-ring (bicyclic) bond motifs is 3. The van der Waals surface area contributed by atoms with E-state index in [9.17, 15) is 0 Å². The zero-order valence-electron chi connectivity index (χ0n) is 18.2. The third-order valence-corrected chi connectivity index (χ3v) is 6.46. The van der Waals surface area contributed by atoms with Crippen LogP contribution in [0.5, 0.6) is 0 Å². The summed E-state index contributed by atoms with van der Waals surface area (Å²) in [6.07, 6.45) is 2.90. The van der Waals surface area contributed by atoms with Crippen molar-refractivity contribution in [2.24, 2.45) is 7.05 Å². The molecule has 0 saturated carbocycles. The van der Waals surface area contributed by atoms with Gasteiger partial charge in [-0.2, -0.15) is 0 Å². The quantitative estimate of drug-likeness (QED) is 0.296. The van der Waals surface area contributed by atoms with Crippen LogP contribution < -0.4 is 9.47 Å². The SMILES string of the molecule is [C-]#[N+]C(C)(C)Cc1cc2c3c([n+](C)ccc3c1)-c1c(cc3ccccc3c1C)N2C. The van der Waals surface area contributed by atoms with E-state index in [1.807, 2.05) is 13.8 Å². The molecule has 1 aromatic heterocycles. The Bertz CT molecular complexity index is 1390. The molecule has 4 aromatic rings. The van der Waals surface area contributed by atoms with Crippen molar-refractivity contribution in [1.82, 2.24) is 0 Å². The van der Waals surface area contributed by atoms with E-state index in [1.165, 1.54) is 55.3 Å². The predicted octanol–water partition coefficient (Wildman–Crippen LogP) is 6.11. The molecule has 148 valence electrons. The molecular weight excluding hydrogens is 366 g/mol. The second kappa shape index (κ2) is 6.31. The normalized spacial score (nSPS) is 12.9. The summed E-state index contributed by atoms with van der Waals surface area (Å²) in [7, 11) is 4.31. The Labute approximate surface area is 178 Å². The first kappa shape index (κ1) is 18.6. The fraction of sp³-hybridized carbons (Fsp3) is 0.259.